The first-order valence-corrected chi connectivity index (χ1v) is 10.6. The molecule has 0 aromatic heterocycles. The number of aliphatic hydroxyl groups excluding tert-OH is 1. The first kappa shape index (κ1) is 18.7. The molecule has 1 spiro atoms. The number of hydrogen-bond acceptors (Lipinski definition) is 4. The molecule has 0 bridgehead atoms. The third-order valence-corrected chi connectivity index (χ3v) is 7.77. The highest BCUT2D eigenvalue weighted by Crippen LogP contribution is 2.46. The molecule has 6 heteroatoms. The van der Waals surface area contributed by atoms with Crippen molar-refractivity contribution in [1.29, 1.82) is 0 Å². The summed E-state index contributed by atoms with van der Waals surface area (Å²) < 4.78 is 33.6. The van der Waals surface area contributed by atoms with Gasteiger partial charge in [0, 0.05) is 18.5 Å². The van der Waals surface area contributed by atoms with Crippen LogP contribution in [0.4, 0.5) is 0 Å². The lowest BCUT2D eigenvalue weighted by molar-refractivity contribution is 0.0126. The van der Waals surface area contributed by atoms with Gasteiger partial charge in [0.05, 0.1) is 13.2 Å². The number of methoxy groups -OCH3 is 1. The summed E-state index contributed by atoms with van der Waals surface area (Å²) in [7, 11) is -2.15. The minimum absolute atomic E-state index is 0.240. The summed E-state index contributed by atoms with van der Waals surface area (Å²) in [6, 6.07) is 5.40. The van der Waals surface area contributed by atoms with Crippen molar-refractivity contribution in [2.45, 2.75) is 62.9 Å². The van der Waals surface area contributed by atoms with Crippen LogP contribution in [0.3, 0.4) is 0 Å². The lowest BCUT2D eigenvalue weighted by atomic mass is 9.77. The number of benzene rings is 1. The standard InChI is InChI=1S/C19H29NO4S/c1-14(2)15-7-8-16(24-3)17(12-15)25(22,23)20-11-5-10-19(13-20)9-4-6-18(19)21/h7-8,12,14,18,21H,4-6,9-11,13H2,1-3H3/t18?,19-/m1/s1. The van der Waals surface area contributed by atoms with Gasteiger partial charge < -0.3 is 9.84 Å². The van der Waals surface area contributed by atoms with Gasteiger partial charge in [-0.2, -0.15) is 4.31 Å². The van der Waals surface area contributed by atoms with Crippen LogP contribution in [0, 0.1) is 5.41 Å². The van der Waals surface area contributed by atoms with Crippen LogP contribution in [0.25, 0.3) is 0 Å². The number of ether oxygens (including phenoxy) is 1. The van der Waals surface area contributed by atoms with Crippen LogP contribution in [-0.2, 0) is 10.0 Å². The third kappa shape index (κ3) is 3.32. The quantitative estimate of drug-likeness (QED) is 0.888. The predicted octanol–water partition coefficient (Wildman–Crippen LogP) is 3.13. The molecule has 140 valence electrons. The van der Waals surface area contributed by atoms with Crippen LogP contribution in [0.2, 0.25) is 0 Å². The number of hydrogen-bond donors (Lipinski definition) is 1. The number of sulfonamides is 1. The van der Waals surface area contributed by atoms with Gasteiger partial charge in [-0.15, -0.1) is 0 Å². The molecule has 2 aliphatic rings. The Morgan fingerprint density at radius 2 is 2.00 bits per heavy atom. The fourth-order valence-electron chi connectivity index (χ4n) is 4.31. The molecule has 1 aromatic carbocycles. The Labute approximate surface area is 151 Å². The second kappa shape index (κ2) is 6.89. The Balaban J connectivity index is 1.97. The molecule has 5 nitrogen and oxygen atoms in total. The molecular weight excluding hydrogens is 338 g/mol. The smallest absolute Gasteiger partial charge is 0.246 e. The van der Waals surface area contributed by atoms with E-state index in [-0.39, 0.29) is 16.2 Å². The van der Waals surface area contributed by atoms with Gasteiger partial charge in [0.1, 0.15) is 10.6 Å². The van der Waals surface area contributed by atoms with Gasteiger partial charge in [-0.05, 0) is 49.3 Å². The molecule has 1 aliphatic heterocycles. The summed E-state index contributed by atoms with van der Waals surface area (Å²) in [4.78, 5) is 0.241. The van der Waals surface area contributed by atoms with E-state index in [2.05, 4.69) is 0 Å². The van der Waals surface area contributed by atoms with Crippen molar-refractivity contribution in [3.05, 3.63) is 23.8 Å². The normalized spacial score (nSPS) is 28.0. The molecule has 2 atom stereocenters. The van der Waals surface area contributed by atoms with Crippen molar-refractivity contribution in [3.8, 4) is 5.75 Å². The molecule has 25 heavy (non-hydrogen) atoms. The highest BCUT2D eigenvalue weighted by Gasteiger charge is 2.47. The molecule has 0 radical (unpaired) electrons. The average Bonchev–Trinajstić information content (AvgIpc) is 2.94. The molecule has 1 saturated carbocycles. The molecule has 1 N–H and O–H groups in total. The van der Waals surface area contributed by atoms with Crippen LogP contribution in [-0.4, -0.2) is 44.1 Å². The molecule has 1 unspecified atom stereocenters. The molecule has 1 aliphatic carbocycles. The summed E-state index contributed by atoms with van der Waals surface area (Å²) in [5, 5.41) is 10.4. The van der Waals surface area contributed by atoms with Gasteiger partial charge in [-0.3, -0.25) is 0 Å². The molecule has 2 fully saturated rings. The minimum atomic E-state index is -3.65. The van der Waals surface area contributed by atoms with Crippen LogP contribution in [0.5, 0.6) is 5.75 Å². The Bertz CT molecular complexity index is 731. The second-order valence-corrected chi connectivity index (χ2v) is 9.68. The summed E-state index contributed by atoms with van der Waals surface area (Å²) in [6.07, 6.45) is 3.96. The Morgan fingerprint density at radius 3 is 2.60 bits per heavy atom. The van der Waals surface area contributed by atoms with Crippen LogP contribution in [0.1, 0.15) is 57.4 Å². The zero-order valence-electron chi connectivity index (χ0n) is 15.4. The van der Waals surface area contributed by atoms with Gasteiger partial charge in [-0.1, -0.05) is 26.3 Å². The van der Waals surface area contributed by atoms with E-state index in [9.17, 15) is 13.5 Å². The number of piperidine rings is 1. The van der Waals surface area contributed by atoms with Crippen molar-refractivity contribution in [1.82, 2.24) is 4.31 Å². The first-order chi connectivity index (χ1) is 11.8. The van der Waals surface area contributed by atoms with Gasteiger partial charge in [-0.25, -0.2) is 8.42 Å². The van der Waals surface area contributed by atoms with E-state index in [4.69, 9.17) is 4.74 Å². The Morgan fingerprint density at radius 1 is 1.28 bits per heavy atom. The number of nitrogens with zero attached hydrogens (tertiary/aromatic N) is 1. The lowest BCUT2D eigenvalue weighted by Gasteiger charge is -2.42. The van der Waals surface area contributed by atoms with Crippen LogP contribution in [0.15, 0.2) is 23.1 Å². The first-order valence-electron chi connectivity index (χ1n) is 9.16. The molecule has 1 saturated heterocycles. The van der Waals surface area contributed by atoms with Gasteiger partial charge in [0.2, 0.25) is 10.0 Å². The zero-order valence-corrected chi connectivity index (χ0v) is 16.2. The molecule has 3 rings (SSSR count). The largest absolute Gasteiger partial charge is 0.495 e. The van der Waals surface area contributed by atoms with E-state index < -0.39 is 16.1 Å². The third-order valence-electron chi connectivity index (χ3n) is 5.90. The number of rotatable bonds is 4. The van der Waals surface area contributed by atoms with Gasteiger partial charge in [0.25, 0.3) is 0 Å². The maximum atomic E-state index is 13.4. The number of aliphatic hydroxyl groups is 1. The zero-order chi connectivity index (χ0) is 18.2. The van der Waals surface area contributed by atoms with Crippen molar-refractivity contribution in [3.63, 3.8) is 0 Å². The second-order valence-electron chi connectivity index (χ2n) is 7.78. The van der Waals surface area contributed by atoms with Gasteiger partial charge in [0.15, 0.2) is 0 Å². The summed E-state index contributed by atoms with van der Waals surface area (Å²) >= 11 is 0. The highest BCUT2D eigenvalue weighted by atomic mass is 32.2. The van der Waals surface area contributed by atoms with Crippen molar-refractivity contribution in [2.75, 3.05) is 20.2 Å². The summed E-state index contributed by atoms with van der Waals surface area (Å²) in [6.45, 7) is 5.00. The van der Waals surface area contributed by atoms with Crippen molar-refractivity contribution < 1.29 is 18.3 Å². The molecular formula is C19H29NO4S. The van der Waals surface area contributed by atoms with Crippen LogP contribution < -0.4 is 4.74 Å². The predicted molar refractivity (Wildman–Crippen MR) is 97.4 cm³/mol. The SMILES string of the molecule is COc1ccc(C(C)C)cc1S(=O)(=O)N1CCC[C@]2(CCCC2O)C1. The van der Waals surface area contributed by atoms with E-state index >= 15 is 0 Å². The maximum Gasteiger partial charge on any atom is 0.246 e. The lowest BCUT2D eigenvalue weighted by Crippen LogP contribution is -2.49. The average molecular weight is 368 g/mol. The van der Waals surface area contributed by atoms with Crippen LogP contribution >= 0.6 is 0 Å². The molecule has 0 amide bonds. The van der Waals surface area contributed by atoms with E-state index in [0.29, 0.717) is 18.8 Å². The topological polar surface area (TPSA) is 66.8 Å². The van der Waals surface area contributed by atoms with E-state index in [1.54, 1.807) is 16.4 Å². The highest BCUT2D eigenvalue weighted by molar-refractivity contribution is 7.89. The van der Waals surface area contributed by atoms with E-state index in [1.165, 1.54) is 7.11 Å². The Hall–Kier alpha value is -1.11. The van der Waals surface area contributed by atoms with E-state index in [0.717, 1.165) is 37.7 Å². The Kier molecular flexibility index (Phi) is 5.15. The fourth-order valence-corrected chi connectivity index (χ4v) is 6.08. The minimum Gasteiger partial charge on any atom is -0.495 e. The van der Waals surface area contributed by atoms with Crippen molar-refractivity contribution in [2.24, 2.45) is 5.41 Å². The fraction of sp³-hybridized carbons (Fsp3) is 0.684. The summed E-state index contributed by atoms with van der Waals surface area (Å²) in [5.74, 6) is 0.625. The van der Waals surface area contributed by atoms with Gasteiger partial charge >= 0.3 is 0 Å². The van der Waals surface area contributed by atoms with Crippen molar-refractivity contribution >= 4 is 10.0 Å². The molecule has 1 aromatic rings. The van der Waals surface area contributed by atoms with E-state index in [1.807, 2.05) is 19.9 Å². The maximum absolute atomic E-state index is 13.4. The monoisotopic (exact) mass is 367 g/mol. The summed E-state index contributed by atoms with van der Waals surface area (Å²) in [5.41, 5.74) is 0.709. The molecule has 1 heterocycles.